The van der Waals surface area contributed by atoms with Gasteiger partial charge in [0.1, 0.15) is 6.04 Å². The number of hydrogen-bond acceptors (Lipinski definition) is 6. The van der Waals surface area contributed by atoms with Gasteiger partial charge in [0, 0.05) is 18.9 Å². The normalized spacial score (nSPS) is 14.3. The second-order valence-corrected chi connectivity index (χ2v) is 10.0. The van der Waals surface area contributed by atoms with Gasteiger partial charge >= 0.3 is 0 Å². The third-order valence-electron chi connectivity index (χ3n) is 5.74. The highest BCUT2D eigenvalue weighted by molar-refractivity contribution is 5.91. The molecule has 0 bridgehead atoms. The maximum Gasteiger partial charge on any atom is 0.247 e. The predicted molar refractivity (Wildman–Crippen MR) is 139 cm³/mol. The Morgan fingerprint density at radius 3 is 1.92 bits per heavy atom. The number of hydroxylamine groups is 1. The van der Waals surface area contributed by atoms with E-state index in [2.05, 4.69) is 15.6 Å². The van der Waals surface area contributed by atoms with E-state index in [9.17, 15) is 19.6 Å². The molecule has 0 fully saturated rings. The van der Waals surface area contributed by atoms with Crippen molar-refractivity contribution in [3.63, 3.8) is 0 Å². The molecule has 1 rings (SSSR count). The molecule has 0 saturated carbocycles. The fourth-order valence-corrected chi connectivity index (χ4v) is 4.03. The van der Waals surface area contributed by atoms with Gasteiger partial charge in [-0.2, -0.15) is 0 Å². The molecule has 0 aliphatic carbocycles. The summed E-state index contributed by atoms with van der Waals surface area (Å²) in [6, 6.07) is 6.59. The molecule has 202 valence electrons. The third-order valence-corrected chi connectivity index (χ3v) is 5.74. The summed E-state index contributed by atoms with van der Waals surface area (Å²) < 4.78 is 0. The third kappa shape index (κ3) is 11.2. The van der Waals surface area contributed by atoms with E-state index in [0.29, 0.717) is 25.2 Å². The number of hydrogen-bond donors (Lipinski definition) is 6. The van der Waals surface area contributed by atoms with Gasteiger partial charge in [-0.1, -0.05) is 52.0 Å². The number of carbonyl (C=O) groups excluding carboxylic acids is 3. The van der Waals surface area contributed by atoms with Gasteiger partial charge in [0.05, 0.1) is 24.9 Å². The van der Waals surface area contributed by atoms with E-state index in [1.165, 1.54) is 0 Å². The summed E-state index contributed by atoms with van der Waals surface area (Å²) in [6.07, 6.45) is 1.04. The molecular formula is C26H43N5O5. The minimum Gasteiger partial charge on any atom is -0.395 e. The largest absolute Gasteiger partial charge is 0.395 e. The molecule has 1 aromatic carbocycles. The molecule has 7 N–H and O–H groups in total. The highest BCUT2D eigenvalue weighted by Gasteiger charge is 2.36. The second kappa shape index (κ2) is 15.9. The molecule has 1 unspecified atom stereocenters. The van der Waals surface area contributed by atoms with Crippen molar-refractivity contribution in [2.75, 3.05) is 13.2 Å². The summed E-state index contributed by atoms with van der Waals surface area (Å²) >= 11 is 0. The minimum atomic E-state index is -0.911. The summed E-state index contributed by atoms with van der Waals surface area (Å²) in [6.45, 7) is 9.77. The van der Waals surface area contributed by atoms with Crippen LogP contribution in [-0.2, 0) is 27.3 Å². The zero-order valence-electron chi connectivity index (χ0n) is 22.1. The molecule has 3 amide bonds. The first-order valence-corrected chi connectivity index (χ1v) is 12.5. The number of nitrogens with two attached hydrogens (primary N) is 1. The second-order valence-electron chi connectivity index (χ2n) is 10.0. The number of aliphatic hydroxyl groups excluding tert-OH is 1. The van der Waals surface area contributed by atoms with Crippen LogP contribution in [0.5, 0.6) is 0 Å². The van der Waals surface area contributed by atoms with Gasteiger partial charge in [-0.25, -0.2) is 5.48 Å². The molecule has 36 heavy (non-hydrogen) atoms. The number of aliphatic imine (C=N–C) groups is 1. The molecule has 0 saturated heterocycles. The fraction of sp³-hybridized carbons (Fsp3) is 0.615. The number of amidine groups is 1. The van der Waals surface area contributed by atoms with Gasteiger partial charge in [-0.3, -0.25) is 24.6 Å². The maximum atomic E-state index is 13.5. The standard InChI is InChI=1S/C26H43N5O5/c1-16(2)12-21(22(13-17(3)4)25(34)31-36)24(33)30-23(26(35)28-10-11-32)14-19-6-8-20(9-7-19)15-29-18(5)27/h6-9,16-17,21-23,32,36H,10-15H2,1-5H3,(H2,27,29)(H,28,35)(H,30,33)(H,31,34)/t21-,22?,23+/m1/s1. The van der Waals surface area contributed by atoms with Crippen molar-refractivity contribution in [1.82, 2.24) is 16.1 Å². The Morgan fingerprint density at radius 2 is 1.44 bits per heavy atom. The van der Waals surface area contributed by atoms with Crippen molar-refractivity contribution in [2.45, 2.75) is 66.5 Å². The highest BCUT2D eigenvalue weighted by Crippen LogP contribution is 2.27. The Balaban J connectivity index is 3.17. The molecule has 0 spiro atoms. The Labute approximate surface area is 214 Å². The number of aliphatic hydroxyl groups is 1. The van der Waals surface area contributed by atoms with E-state index in [1.807, 2.05) is 52.0 Å². The van der Waals surface area contributed by atoms with Crippen molar-refractivity contribution >= 4 is 23.6 Å². The van der Waals surface area contributed by atoms with E-state index >= 15 is 0 Å². The number of nitrogens with one attached hydrogen (secondary N) is 3. The lowest BCUT2D eigenvalue weighted by Gasteiger charge is -2.29. The topological polar surface area (TPSA) is 166 Å². The number of carbonyl (C=O) groups is 3. The Morgan fingerprint density at radius 1 is 0.917 bits per heavy atom. The van der Waals surface area contributed by atoms with Gasteiger partial charge in [-0.05, 0) is 42.7 Å². The lowest BCUT2D eigenvalue weighted by Crippen LogP contribution is -2.52. The summed E-state index contributed by atoms with van der Waals surface area (Å²) in [5, 5.41) is 23.9. The average Bonchev–Trinajstić information content (AvgIpc) is 2.82. The lowest BCUT2D eigenvalue weighted by molar-refractivity contribution is -0.142. The van der Waals surface area contributed by atoms with Crippen LogP contribution in [0.15, 0.2) is 29.3 Å². The van der Waals surface area contributed by atoms with E-state index in [1.54, 1.807) is 12.4 Å². The Bertz CT molecular complexity index is 866. The number of amides is 3. The number of nitrogens with zero attached hydrogens (tertiary/aromatic N) is 1. The van der Waals surface area contributed by atoms with Crippen molar-refractivity contribution in [1.29, 1.82) is 0 Å². The van der Waals surface area contributed by atoms with Crippen molar-refractivity contribution < 1.29 is 24.7 Å². The summed E-state index contributed by atoms with van der Waals surface area (Å²) in [5.41, 5.74) is 9.08. The smallest absolute Gasteiger partial charge is 0.247 e. The van der Waals surface area contributed by atoms with Crippen LogP contribution in [-0.4, -0.2) is 53.1 Å². The van der Waals surface area contributed by atoms with Crippen molar-refractivity contribution in [2.24, 2.45) is 34.4 Å². The zero-order chi connectivity index (χ0) is 27.3. The SMILES string of the molecule is CC(N)=NCc1ccc(C[C@H](NC(=O)[C@H](CC(C)C)C(CC(C)C)C(=O)NO)C(=O)NCCO)cc1. The van der Waals surface area contributed by atoms with Crippen LogP contribution < -0.4 is 21.8 Å². The maximum absolute atomic E-state index is 13.5. The molecular weight excluding hydrogens is 462 g/mol. The first kappa shape index (κ1) is 31.1. The highest BCUT2D eigenvalue weighted by atomic mass is 16.5. The van der Waals surface area contributed by atoms with Crippen molar-refractivity contribution in [3.05, 3.63) is 35.4 Å². The van der Waals surface area contributed by atoms with Crippen LogP contribution in [0.25, 0.3) is 0 Å². The monoisotopic (exact) mass is 505 g/mol. The zero-order valence-corrected chi connectivity index (χ0v) is 22.1. The molecule has 10 nitrogen and oxygen atoms in total. The lowest BCUT2D eigenvalue weighted by atomic mass is 9.79. The average molecular weight is 506 g/mol. The molecule has 0 aliphatic heterocycles. The van der Waals surface area contributed by atoms with Gasteiger partial charge in [0.25, 0.3) is 0 Å². The Kier molecular flexibility index (Phi) is 13.7. The first-order valence-electron chi connectivity index (χ1n) is 12.5. The van der Waals surface area contributed by atoms with Crippen LogP contribution in [0.4, 0.5) is 0 Å². The molecule has 0 aromatic heterocycles. The summed E-state index contributed by atoms with van der Waals surface area (Å²) in [5.74, 6) is -2.23. The number of rotatable bonds is 15. The van der Waals surface area contributed by atoms with E-state index in [4.69, 9.17) is 10.8 Å². The van der Waals surface area contributed by atoms with Gasteiger partial charge < -0.3 is 21.5 Å². The molecule has 1 aromatic rings. The minimum absolute atomic E-state index is 0.0545. The quantitative estimate of drug-likeness (QED) is 0.0915. The van der Waals surface area contributed by atoms with Crippen molar-refractivity contribution in [3.8, 4) is 0 Å². The number of benzene rings is 1. The summed E-state index contributed by atoms with van der Waals surface area (Å²) in [4.78, 5) is 43.0. The van der Waals surface area contributed by atoms with E-state index in [-0.39, 0.29) is 31.4 Å². The first-order chi connectivity index (χ1) is 17.0. The molecule has 0 heterocycles. The molecule has 0 radical (unpaired) electrons. The van der Waals surface area contributed by atoms with Gasteiger partial charge in [0.15, 0.2) is 0 Å². The fourth-order valence-electron chi connectivity index (χ4n) is 4.03. The Hall–Kier alpha value is -2.98. The molecule has 0 aliphatic rings. The molecule has 3 atom stereocenters. The van der Waals surface area contributed by atoms with E-state index < -0.39 is 35.6 Å². The van der Waals surface area contributed by atoms with Gasteiger partial charge in [-0.15, -0.1) is 0 Å². The van der Waals surface area contributed by atoms with E-state index in [0.717, 1.165) is 11.1 Å². The van der Waals surface area contributed by atoms with Crippen LogP contribution in [0, 0.1) is 23.7 Å². The van der Waals surface area contributed by atoms with Crippen LogP contribution in [0.3, 0.4) is 0 Å². The molecule has 10 heteroatoms. The van der Waals surface area contributed by atoms with Crippen LogP contribution >= 0.6 is 0 Å². The summed E-state index contributed by atoms with van der Waals surface area (Å²) in [7, 11) is 0. The van der Waals surface area contributed by atoms with Crippen LogP contribution in [0.2, 0.25) is 0 Å². The predicted octanol–water partition coefficient (Wildman–Crippen LogP) is 1.53. The van der Waals surface area contributed by atoms with Gasteiger partial charge in [0.2, 0.25) is 17.7 Å². The van der Waals surface area contributed by atoms with Crippen LogP contribution in [0.1, 0.15) is 58.6 Å².